The lowest BCUT2D eigenvalue weighted by Crippen LogP contribution is -2.33. The number of fused-ring (bicyclic) bond motifs is 1. The number of amides is 1. The summed E-state index contributed by atoms with van der Waals surface area (Å²) in [6, 6.07) is 6.60. The van der Waals surface area contributed by atoms with Gasteiger partial charge in [0.25, 0.3) is 0 Å². The highest BCUT2D eigenvalue weighted by Crippen LogP contribution is 2.30. The Bertz CT molecular complexity index is 811. The molecule has 1 N–H and O–H groups in total. The minimum atomic E-state index is -0.904. The van der Waals surface area contributed by atoms with E-state index in [1.807, 2.05) is 11.7 Å². The van der Waals surface area contributed by atoms with Crippen LogP contribution in [0.3, 0.4) is 0 Å². The van der Waals surface area contributed by atoms with Gasteiger partial charge in [-0.05, 0) is 49.9 Å². The van der Waals surface area contributed by atoms with Crippen LogP contribution in [-0.4, -0.2) is 64.6 Å². The third kappa shape index (κ3) is 4.64. The molecular weight excluding hydrogens is 356 g/mol. The van der Waals surface area contributed by atoms with Crippen molar-refractivity contribution in [1.29, 1.82) is 0 Å². The Morgan fingerprint density at radius 3 is 2.75 bits per heavy atom. The van der Waals surface area contributed by atoms with Crippen LogP contribution in [0.5, 0.6) is 0 Å². The Morgan fingerprint density at radius 2 is 2.11 bits per heavy atom. The molecule has 154 valence electrons. The number of ether oxygens (including phenoxy) is 1. The second-order valence-corrected chi connectivity index (χ2v) is 8.09. The smallest absolute Gasteiger partial charge is 0.407 e. The third-order valence-electron chi connectivity index (χ3n) is 5.47. The summed E-state index contributed by atoms with van der Waals surface area (Å²) >= 11 is 0. The largest absolute Gasteiger partial charge is 0.465 e. The molecule has 2 heterocycles. The Labute approximate surface area is 166 Å². The van der Waals surface area contributed by atoms with Gasteiger partial charge in [-0.15, -0.1) is 0 Å². The number of carbonyl (C=O) groups is 1. The molecule has 0 radical (unpaired) electrons. The monoisotopic (exact) mass is 388 g/mol. The van der Waals surface area contributed by atoms with Gasteiger partial charge in [-0.3, -0.25) is 4.90 Å². The first-order valence-electron chi connectivity index (χ1n) is 10.1. The molecule has 7 heteroatoms. The Balaban J connectivity index is 1.86. The summed E-state index contributed by atoms with van der Waals surface area (Å²) in [5.74, 6) is 0.452. The molecular formula is C21H32N4O3. The first-order valence-corrected chi connectivity index (χ1v) is 10.1. The van der Waals surface area contributed by atoms with Crippen LogP contribution in [0, 0.1) is 0 Å². The lowest BCUT2D eigenvalue weighted by molar-refractivity contribution is -0.0370. The average Bonchev–Trinajstić information content (AvgIpc) is 3.04. The fourth-order valence-corrected chi connectivity index (χ4v) is 3.59. The summed E-state index contributed by atoms with van der Waals surface area (Å²) in [5, 5.41) is 15.1. The molecule has 1 saturated heterocycles. The fraction of sp³-hybridized carbons (Fsp3) is 0.619. The number of aromatic nitrogens is 2. The predicted octanol–water partition coefficient (Wildman–Crippen LogP) is 3.90. The maximum atomic E-state index is 11.0. The molecule has 1 fully saturated rings. The lowest BCUT2D eigenvalue weighted by atomic mass is 10.0. The first-order chi connectivity index (χ1) is 13.4. The van der Waals surface area contributed by atoms with E-state index in [-0.39, 0.29) is 6.23 Å². The average molecular weight is 389 g/mol. The topological polar surface area (TPSA) is 70.8 Å². The highest BCUT2D eigenvalue weighted by Gasteiger charge is 2.22. The van der Waals surface area contributed by atoms with Crippen molar-refractivity contribution < 1.29 is 14.6 Å². The van der Waals surface area contributed by atoms with Gasteiger partial charge in [-0.25, -0.2) is 9.48 Å². The van der Waals surface area contributed by atoms with E-state index < -0.39 is 6.09 Å². The van der Waals surface area contributed by atoms with Crippen molar-refractivity contribution in [2.75, 3.05) is 33.8 Å². The molecule has 1 unspecified atom stereocenters. The number of hydrogen-bond acceptors (Lipinski definition) is 4. The molecule has 7 nitrogen and oxygen atoms in total. The van der Waals surface area contributed by atoms with E-state index in [1.54, 1.807) is 7.05 Å². The first kappa shape index (κ1) is 20.6. The van der Waals surface area contributed by atoms with Gasteiger partial charge in [0.2, 0.25) is 0 Å². The van der Waals surface area contributed by atoms with Gasteiger partial charge in [-0.2, -0.15) is 5.10 Å². The van der Waals surface area contributed by atoms with Crippen molar-refractivity contribution in [3.8, 4) is 0 Å². The molecule has 1 aromatic heterocycles. The highest BCUT2D eigenvalue weighted by molar-refractivity contribution is 5.83. The van der Waals surface area contributed by atoms with Crippen molar-refractivity contribution >= 4 is 17.0 Å². The standard InChI is InChI=1S/C21H32N4O3/c1-15(2)16-8-9-19-17(13-16)18(14-23(3)10-11-24(4)21(26)27)22-25(19)20-7-5-6-12-28-20/h8-9,13,15,20H,5-7,10-12,14H2,1-4H3,(H,26,27). The second kappa shape index (κ2) is 8.92. The van der Waals surface area contributed by atoms with Gasteiger partial charge >= 0.3 is 6.09 Å². The molecule has 2 aromatic rings. The van der Waals surface area contributed by atoms with E-state index in [2.05, 4.69) is 36.9 Å². The van der Waals surface area contributed by atoms with Crippen LogP contribution in [0.2, 0.25) is 0 Å². The zero-order valence-electron chi connectivity index (χ0n) is 17.4. The molecule has 0 saturated carbocycles. The van der Waals surface area contributed by atoms with Crippen LogP contribution in [0.4, 0.5) is 4.79 Å². The number of nitrogens with zero attached hydrogens (tertiary/aromatic N) is 4. The molecule has 0 spiro atoms. The molecule has 1 amide bonds. The quantitative estimate of drug-likeness (QED) is 0.779. The zero-order valence-corrected chi connectivity index (χ0v) is 17.4. The van der Waals surface area contributed by atoms with Crippen molar-refractivity contribution in [2.24, 2.45) is 0 Å². The van der Waals surface area contributed by atoms with Crippen LogP contribution in [0.1, 0.15) is 56.5 Å². The maximum Gasteiger partial charge on any atom is 0.407 e. The van der Waals surface area contributed by atoms with Gasteiger partial charge in [0, 0.05) is 38.7 Å². The van der Waals surface area contributed by atoms with Crippen molar-refractivity contribution in [3.63, 3.8) is 0 Å². The molecule has 1 aliphatic heterocycles. The molecule has 0 aliphatic carbocycles. The Kier molecular flexibility index (Phi) is 6.57. The SMILES string of the molecule is CC(C)c1ccc2c(c1)c(CN(C)CCN(C)C(=O)O)nn2C1CCCCO1. The normalized spacial score (nSPS) is 17.6. The Morgan fingerprint density at radius 1 is 1.32 bits per heavy atom. The fourth-order valence-electron chi connectivity index (χ4n) is 3.59. The molecule has 1 aromatic carbocycles. The second-order valence-electron chi connectivity index (χ2n) is 8.09. The number of rotatable bonds is 7. The van der Waals surface area contributed by atoms with Crippen LogP contribution >= 0.6 is 0 Å². The van der Waals surface area contributed by atoms with Gasteiger partial charge in [0.05, 0.1) is 11.2 Å². The van der Waals surface area contributed by atoms with E-state index in [0.717, 1.165) is 37.1 Å². The van der Waals surface area contributed by atoms with Crippen molar-refractivity contribution in [1.82, 2.24) is 19.6 Å². The molecule has 1 aliphatic rings. The Hall–Kier alpha value is -2.12. The highest BCUT2D eigenvalue weighted by atomic mass is 16.5. The maximum absolute atomic E-state index is 11.0. The summed E-state index contributed by atoms with van der Waals surface area (Å²) in [7, 11) is 3.60. The minimum absolute atomic E-state index is 0.00153. The summed E-state index contributed by atoms with van der Waals surface area (Å²) in [6.45, 7) is 6.97. The summed E-state index contributed by atoms with van der Waals surface area (Å²) in [4.78, 5) is 14.4. The number of likely N-dealkylation sites (N-methyl/N-ethyl adjacent to an activating group) is 2. The minimum Gasteiger partial charge on any atom is -0.465 e. The van der Waals surface area contributed by atoms with E-state index in [1.165, 1.54) is 15.8 Å². The molecule has 28 heavy (non-hydrogen) atoms. The number of benzene rings is 1. The van der Waals surface area contributed by atoms with E-state index >= 15 is 0 Å². The van der Waals surface area contributed by atoms with Gasteiger partial charge in [0.15, 0.2) is 6.23 Å². The number of carboxylic acid groups (broad SMARTS) is 1. The summed E-state index contributed by atoms with van der Waals surface area (Å²) in [6.07, 6.45) is 2.35. The molecule has 0 bridgehead atoms. The van der Waals surface area contributed by atoms with Crippen LogP contribution in [0.15, 0.2) is 18.2 Å². The molecule has 1 atom stereocenters. The van der Waals surface area contributed by atoms with E-state index in [0.29, 0.717) is 25.6 Å². The summed E-state index contributed by atoms with van der Waals surface area (Å²) in [5.41, 5.74) is 3.43. The van der Waals surface area contributed by atoms with E-state index in [9.17, 15) is 4.79 Å². The lowest BCUT2D eigenvalue weighted by Gasteiger charge is -2.23. The van der Waals surface area contributed by atoms with Crippen LogP contribution in [-0.2, 0) is 11.3 Å². The van der Waals surface area contributed by atoms with Crippen molar-refractivity contribution in [2.45, 2.75) is 51.8 Å². The summed E-state index contributed by atoms with van der Waals surface area (Å²) < 4.78 is 8.04. The zero-order chi connectivity index (χ0) is 20.3. The van der Waals surface area contributed by atoms with Crippen LogP contribution in [0.25, 0.3) is 10.9 Å². The van der Waals surface area contributed by atoms with E-state index in [4.69, 9.17) is 14.9 Å². The predicted molar refractivity (Wildman–Crippen MR) is 110 cm³/mol. The van der Waals surface area contributed by atoms with Crippen molar-refractivity contribution in [3.05, 3.63) is 29.5 Å². The number of hydrogen-bond donors (Lipinski definition) is 1. The van der Waals surface area contributed by atoms with Crippen LogP contribution < -0.4 is 0 Å². The third-order valence-corrected chi connectivity index (χ3v) is 5.47. The van der Waals surface area contributed by atoms with Gasteiger partial charge < -0.3 is 14.7 Å². The van der Waals surface area contributed by atoms with Gasteiger partial charge in [-0.1, -0.05) is 19.9 Å². The molecule has 3 rings (SSSR count). The van der Waals surface area contributed by atoms with Gasteiger partial charge in [0.1, 0.15) is 0 Å².